The molecule has 0 spiro atoms. The number of carbonyl (C=O) groups is 2. The summed E-state index contributed by atoms with van der Waals surface area (Å²) in [6.07, 6.45) is 0. The molecular weight excluding hydrogens is 340 g/mol. The molecule has 0 aliphatic carbocycles. The summed E-state index contributed by atoms with van der Waals surface area (Å²) < 4.78 is 10.3. The van der Waals surface area contributed by atoms with Gasteiger partial charge in [-0.05, 0) is 32.0 Å². The fourth-order valence-corrected chi connectivity index (χ4v) is 2.31. The van der Waals surface area contributed by atoms with E-state index in [0.29, 0.717) is 23.6 Å². The number of hydrogen-bond acceptors (Lipinski definition) is 6. The predicted octanol–water partition coefficient (Wildman–Crippen LogP) is 3.10. The first kappa shape index (κ1) is 18.9. The van der Waals surface area contributed by atoms with Gasteiger partial charge in [-0.3, -0.25) is 14.9 Å². The fraction of sp³-hybridized carbons (Fsp3) is 0.222. The Bertz CT molecular complexity index is 834. The molecule has 0 aliphatic heterocycles. The number of anilines is 1. The van der Waals surface area contributed by atoms with E-state index in [9.17, 15) is 19.7 Å². The van der Waals surface area contributed by atoms with E-state index in [1.165, 1.54) is 25.1 Å². The molecule has 26 heavy (non-hydrogen) atoms. The molecule has 0 radical (unpaired) electrons. The third-order valence-corrected chi connectivity index (χ3v) is 3.44. The second-order valence-electron chi connectivity index (χ2n) is 5.28. The lowest BCUT2D eigenvalue weighted by Gasteiger charge is -2.11. The summed E-state index contributed by atoms with van der Waals surface area (Å²) in [6.45, 7) is 3.19. The molecule has 0 unspecified atom stereocenters. The van der Waals surface area contributed by atoms with Gasteiger partial charge in [-0.2, -0.15) is 0 Å². The zero-order valence-corrected chi connectivity index (χ0v) is 14.4. The minimum absolute atomic E-state index is 0.197. The standard InChI is InChI=1S/C18H18N2O6/c1-3-25-15-10-5-4-9-14(15)19-16(21)11-26-18(22)13-8-6-7-12(2)17(13)20(23)24/h4-10H,3,11H2,1-2H3,(H,19,21). The van der Waals surface area contributed by atoms with E-state index in [4.69, 9.17) is 9.47 Å². The predicted molar refractivity (Wildman–Crippen MR) is 94.4 cm³/mol. The summed E-state index contributed by atoms with van der Waals surface area (Å²) in [4.78, 5) is 34.6. The first-order valence-corrected chi connectivity index (χ1v) is 7.86. The number of nitrogens with zero attached hydrogens (tertiary/aromatic N) is 1. The highest BCUT2D eigenvalue weighted by molar-refractivity contribution is 5.98. The number of amides is 1. The van der Waals surface area contributed by atoms with Gasteiger partial charge in [-0.1, -0.05) is 24.3 Å². The number of nitrogens with one attached hydrogen (secondary N) is 1. The maximum atomic E-state index is 12.1. The van der Waals surface area contributed by atoms with Gasteiger partial charge in [0.2, 0.25) is 0 Å². The Hall–Kier alpha value is -3.42. The number of esters is 1. The van der Waals surface area contributed by atoms with Crippen molar-refractivity contribution in [1.29, 1.82) is 0 Å². The highest BCUT2D eigenvalue weighted by Gasteiger charge is 2.24. The first-order chi connectivity index (χ1) is 12.4. The van der Waals surface area contributed by atoms with Crippen molar-refractivity contribution < 1.29 is 24.0 Å². The van der Waals surface area contributed by atoms with Crippen molar-refractivity contribution in [2.75, 3.05) is 18.5 Å². The number of hydrogen-bond donors (Lipinski definition) is 1. The van der Waals surface area contributed by atoms with Crippen molar-refractivity contribution in [3.8, 4) is 5.75 Å². The Morgan fingerprint density at radius 3 is 2.58 bits per heavy atom. The van der Waals surface area contributed by atoms with Gasteiger partial charge in [0.15, 0.2) is 6.61 Å². The van der Waals surface area contributed by atoms with Crippen LogP contribution in [0.1, 0.15) is 22.8 Å². The third kappa shape index (κ3) is 4.56. The fourth-order valence-electron chi connectivity index (χ4n) is 2.31. The molecule has 2 aromatic carbocycles. The van der Waals surface area contributed by atoms with E-state index in [1.54, 1.807) is 24.3 Å². The molecule has 0 aliphatic rings. The van der Waals surface area contributed by atoms with Gasteiger partial charge in [-0.15, -0.1) is 0 Å². The molecule has 1 amide bonds. The maximum Gasteiger partial charge on any atom is 0.345 e. The average Bonchev–Trinajstić information content (AvgIpc) is 2.61. The van der Waals surface area contributed by atoms with Crippen LogP contribution in [-0.4, -0.2) is 30.0 Å². The number of nitro benzene ring substituents is 1. The molecule has 0 saturated heterocycles. The Morgan fingerprint density at radius 1 is 1.15 bits per heavy atom. The lowest BCUT2D eigenvalue weighted by atomic mass is 10.1. The molecule has 0 atom stereocenters. The molecule has 2 rings (SSSR count). The molecule has 0 bridgehead atoms. The van der Waals surface area contributed by atoms with E-state index >= 15 is 0 Å². The van der Waals surface area contributed by atoms with Gasteiger partial charge in [-0.25, -0.2) is 4.79 Å². The van der Waals surface area contributed by atoms with E-state index in [-0.39, 0.29) is 11.3 Å². The van der Waals surface area contributed by atoms with Crippen LogP contribution in [-0.2, 0) is 9.53 Å². The normalized spacial score (nSPS) is 10.1. The van der Waals surface area contributed by atoms with Crippen LogP contribution in [0.15, 0.2) is 42.5 Å². The second-order valence-corrected chi connectivity index (χ2v) is 5.28. The zero-order valence-electron chi connectivity index (χ0n) is 14.4. The molecular formula is C18H18N2O6. The van der Waals surface area contributed by atoms with Crippen LogP contribution in [0.4, 0.5) is 11.4 Å². The van der Waals surface area contributed by atoms with Crippen molar-refractivity contribution in [3.05, 3.63) is 63.7 Å². The number of nitro groups is 1. The number of ether oxygens (including phenoxy) is 2. The van der Waals surface area contributed by atoms with Gasteiger partial charge in [0.25, 0.3) is 11.6 Å². The largest absolute Gasteiger partial charge is 0.492 e. The molecule has 1 N–H and O–H groups in total. The van der Waals surface area contributed by atoms with Crippen LogP contribution in [0.3, 0.4) is 0 Å². The van der Waals surface area contributed by atoms with Gasteiger partial charge in [0.05, 0.1) is 17.2 Å². The van der Waals surface area contributed by atoms with Crippen LogP contribution < -0.4 is 10.1 Å². The van der Waals surface area contributed by atoms with Gasteiger partial charge in [0.1, 0.15) is 11.3 Å². The molecule has 0 aromatic heterocycles. The molecule has 2 aromatic rings. The summed E-state index contributed by atoms with van der Waals surface area (Å²) in [5.74, 6) is -1.03. The maximum absolute atomic E-state index is 12.1. The van der Waals surface area contributed by atoms with Crippen LogP contribution >= 0.6 is 0 Å². The molecule has 136 valence electrons. The third-order valence-electron chi connectivity index (χ3n) is 3.44. The molecule has 8 nitrogen and oxygen atoms in total. The molecule has 8 heteroatoms. The number of carbonyl (C=O) groups excluding carboxylic acids is 2. The van der Waals surface area contributed by atoms with E-state index < -0.39 is 23.4 Å². The number of rotatable bonds is 7. The van der Waals surface area contributed by atoms with Crippen molar-refractivity contribution >= 4 is 23.3 Å². The smallest absolute Gasteiger partial charge is 0.345 e. The molecule has 0 fully saturated rings. The van der Waals surface area contributed by atoms with Crippen molar-refractivity contribution in [2.24, 2.45) is 0 Å². The highest BCUT2D eigenvalue weighted by atomic mass is 16.6. The van der Waals surface area contributed by atoms with Crippen LogP contribution in [0, 0.1) is 17.0 Å². The summed E-state index contributed by atoms with van der Waals surface area (Å²) >= 11 is 0. The zero-order chi connectivity index (χ0) is 19.1. The monoisotopic (exact) mass is 358 g/mol. The molecule has 0 saturated carbocycles. The Labute approximate surface area is 149 Å². The topological polar surface area (TPSA) is 108 Å². The summed E-state index contributed by atoms with van der Waals surface area (Å²) in [5, 5.41) is 13.7. The lowest BCUT2D eigenvalue weighted by Crippen LogP contribution is -2.21. The Balaban J connectivity index is 2.03. The van der Waals surface area contributed by atoms with Crippen LogP contribution in [0.5, 0.6) is 5.75 Å². The van der Waals surface area contributed by atoms with E-state index in [0.717, 1.165) is 0 Å². The quantitative estimate of drug-likeness (QED) is 0.463. The summed E-state index contributed by atoms with van der Waals surface area (Å²) in [5.41, 5.74) is 0.244. The second kappa shape index (κ2) is 8.61. The lowest BCUT2D eigenvalue weighted by molar-refractivity contribution is -0.385. The van der Waals surface area contributed by atoms with Gasteiger partial charge < -0.3 is 14.8 Å². The van der Waals surface area contributed by atoms with Gasteiger partial charge >= 0.3 is 5.97 Å². The van der Waals surface area contributed by atoms with Crippen LogP contribution in [0.2, 0.25) is 0 Å². The molecule has 0 heterocycles. The van der Waals surface area contributed by atoms with E-state index in [2.05, 4.69) is 5.32 Å². The van der Waals surface area contributed by atoms with E-state index in [1.807, 2.05) is 6.92 Å². The number of para-hydroxylation sites is 3. The van der Waals surface area contributed by atoms with Crippen molar-refractivity contribution in [3.63, 3.8) is 0 Å². The van der Waals surface area contributed by atoms with Crippen LogP contribution in [0.25, 0.3) is 0 Å². The number of benzene rings is 2. The Kier molecular flexibility index (Phi) is 6.26. The first-order valence-electron chi connectivity index (χ1n) is 7.86. The van der Waals surface area contributed by atoms with Crippen molar-refractivity contribution in [2.45, 2.75) is 13.8 Å². The SMILES string of the molecule is CCOc1ccccc1NC(=O)COC(=O)c1cccc(C)c1[N+](=O)[O-]. The summed E-state index contributed by atoms with van der Waals surface area (Å²) in [6, 6.07) is 11.1. The van der Waals surface area contributed by atoms with Crippen molar-refractivity contribution in [1.82, 2.24) is 0 Å². The average molecular weight is 358 g/mol. The Morgan fingerprint density at radius 2 is 1.88 bits per heavy atom. The van der Waals surface area contributed by atoms with Gasteiger partial charge in [0, 0.05) is 5.56 Å². The minimum Gasteiger partial charge on any atom is -0.492 e. The summed E-state index contributed by atoms with van der Waals surface area (Å²) in [7, 11) is 0. The minimum atomic E-state index is -0.936. The highest BCUT2D eigenvalue weighted by Crippen LogP contribution is 2.25. The number of aryl methyl sites for hydroxylation is 1.